The zero-order chi connectivity index (χ0) is 12.4. The molecule has 0 spiro atoms. The van der Waals surface area contributed by atoms with Crippen molar-refractivity contribution in [1.82, 2.24) is 0 Å². The van der Waals surface area contributed by atoms with Crippen LogP contribution in [0.2, 0.25) is 0 Å². The lowest BCUT2D eigenvalue weighted by atomic mass is 9.77. The third kappa shape index (κ3) is 2.82. The highest BCUT2D eigenvalue weighted by molar-refractivity contribution is 7.99. The van der Waals surface area contributed by atoms with E-state index in [1.165, 1.54) is 11.8 Å². The minimum atomic E-state index is -4.41. The van der Waals surface area contributed by atoms with Crippen molar-refractivity contribution in [1.29, 1.82) is 0 Å². The third-order valence-electron chi connectivity index (χ3n) is 2.75. The normalized spacial score (nSPS) is 31.2. The molecule has 2 unspecified atom stereocenters. The first-order valence-corrected chi connectivity index (χ1v) is 5.96. The first kappa shape index (κ1) is 13.6. The fourth-order valence-electron chi connectivity index (χ4n) is 1.87. The summed E-state index contributed by atoms with van der Waals surface area (Å²) in [5.74, 6) is -0.109. The number of halogens is 3. The van der Waals surface area contributed by atoms with Gasteiger partial charge in [-0.1, -0.05) is 0 Å². The van der Waals surface area contributed by atoms with Crippen LogP contribution < -0.4 is 5.73 Å². The largest absolute Gasteiger partial charge is 0.469 e. The van der Waals surface area contributed by atoms with E-state index in [2.05, 4.69) is 4.74 Å². The lowest BCUT2D eigenvalue weighted by Gasteiger charge is -2.39. The average molecular weight is 257 g/mol. The van der Waals surface area contributed by atoms with E-state index < -0.39 is 30.0 Å². The molecule has 1 aliphatic heterocycles. The Labute approximate surface area is 95.9 Å². The fourth-order valence-corrected chi connectivity index (χ4v) is 3.24. The Morgan fingerprint density at radius 1 is 1.62 bits per heavy atom. The molecule has 1 aliphatic rings. The van der Waals surface area contributed by atoms with Gasteiger partial charge < -0.3 is 10.5 Å². The summed E-state index contributed by atoms with van der Waals surface area (Å²) >= 11 is 1.31. The highest BCUT2D eigenvalue weighted by Crippen LogP contribution is 2.43. The zero-order valence-corrected chi connectivity index (χ0v) is 9.66. The molecule has 2 atom stereocenters. The van der Waals surface area contributed by atoms with E-state index in [1.54, 1.807) is 0 Å². The van der Waals surface area contributed by atoms with Crippen molar-refractivity contribution in [2.24, 2.45) is 11.1 Å². The number of thioether (sulfide) groups is 1. The lowest BCUT2D eigenvalue weighted by molar-refractivity contribution is -0.181. The van der Waals surface area contributed by atoms with Crippen LogP contribution in [0.1, 0.15) is 12.8 Å². The Hall–Kier alpha value is -0.430. The predicted octanol–water partition coefficient (Wildman–Crippen LogP) is 1.56. The standard InChI is InChI=1S/C9H14F3NO2S/c1-15-7(14)8(4-9(10,11)12)5-16-3-2-6(8)13/h6H,2-5,13H2,1H3. The Kier molecular flexibility index (Phi) is 4.12. The number of hydrogen-bond acceptors (Lipinski definition) is 4. The van der Waals surface area contributed by atoms with Crippen molar-refractivity contribution < 1.29 is 22.7 Å². The number of rotatable bonds is 2. The molecule has 0 aromatic heterocycles. The van der Waals surface area contributed by atoms with Crippen LogP contribution >= 0.6 is 11.8 Å². The maximum atomic E-state index is 12.5. The second kappa shape index (κ2) is 4.83. The van der Waals surface area contributed by atoms with Crippen LogP contribution in [0.4, 0.5) is 13.2 Å². The topological polar surface area (TPSA) is 52.3 Å². The van der Waals surface area contributed by atoms with Gasteiger partial charge in [-0.05, 0) is 12.2 Å². The van der Waals surface area contributed by atoms with Gasteiger partial charge in [-0.15, -0.1) is 0 Å². The summed E-state index contributed by atoms with van der Waals surface area (Å²) in [5.41, 5.74) is 4.07. The van der Waals surface area contributed by atoms with E-state index >= 15 is 0 Å². The Morgan fingerprint density at radius 3 is 2.69 bits per heavy atom. The van der Waals surface area contributed by atoms with E-state index in [9.17, 15) is 18.0 Å². The summed E-state index contributed by atoms with van der Waals surface area (Å²) in [6, 6.07) is -0.789. The maximum Gasteiger partial charge on any atom is 0.390 e. The quantitative estimate of drug-likeness (QED) is 0.763. The van der Waals surface area contributed by atoms with Crippen molar-refractivity contribution in [3.05, 3.63) is 0 Å². The number of alkyl halides is 3. The molecule has 1 fully saturated rings. The first-order valence-electron chi connectivity index (χ1n) is 4.80. The van der Waals surface area contributed by atoms with Gasteiger partial charge in [0, 0.05) is 11.8 Å². The van der Waals surface area contributed by atoms with Gasteiger partial charge in [0.1, 0.15) is 5.41 Å². The van der Waals surface area contributed by atoms with Gasteiger partial charge in [0.15, 0.2) is 0 Å². The number of carbonyl (C=O) groups is 1. The van der Waals surface area contributed by atoms with Crippen LogP contribution in [0, 0.1) is 5.41 Å². The second-order valence-corrected chi connectivity index (χ2v) is 4.99. The minimum Gasteiger partial charge on any atom is -0.469 e. The van der Waals surface area contributed by atoms with Crippen molar-refractivity contribution in [2.75, 3.05) is 18.6 Å². The monoisotopic (exact) mass is 257 g/mol. The van der Waals surface area contributed by atoms with Crippen LogP contribution in [-0.2, 0) is 9.53 Å². The van der Waals surface area contributed by atoms with E-state index in [0.717, 1.165) is 7.11 Å². The Balaban J connectivity index is 2.95. The van der Waals surface area contributed by atoms with Gasteiger partial charge in [0.25, 0.3) is 0 Å². The van der Waals surface area contributed by atoms with Gasteiger partial charge in [-0.2, -0.15) is 24.9 Å². The molecule has 3 nitrogen and oxygen atoms in total. The molecule has 16 heavy (non-hydrogen) atoms. The van der Waals surface area contributed by atoms with Gasteiger partial charge in [0.2, 0.25) is 0 Å². The van der Waals surface area contributed by atoms with Crippen LogP contribution in [-0.4, -0.2) is 36.8 Å². The summed E-state index contributed by atoms with van der Waals surface area (Å²) in [5, 5.41) is 0. The molecule has 1 rings (SSSR count). The maximum absolute atomic E-state index is 12.5. The molecule has 0 aromatic rings. The second-order valence-electron chi connectivity index (χ2n) is 3.89. The van der Waals surface area contributed by atoms with Crippen LogP contribution in [0.3, 0.4) is 0 Å². The summed E-state index contributed by atoms with van der Waals surface area (Å²) in [6.45, 7) is 0. The van der Waals surface area contributed by atoms with Crippen LogP contribution in [0.25, 0.3) is 0 Å². The molecule has 94 valence electrons. The Morgan fingerprint density at radius 2 is 2.25 bits per heavy atom. The van der Waals surface area contributed by atoms with Crippen LogP contribution in [0.5, 0.6) is 0 Å². The molecule has 0 saturated carbocycles. The zero-order valence-electron chi connectivity index (χ0n) is 8.84. The SMILES string of the molecule is COC(=O)C1(CC(F)(F)F)CSCCC1N. The minimum absolute atomic E-state index is 0.0698. The summed E-state index contributed by atoms with van der Waals surface area (Å²) in [7, 11) is 1.09. The molecular formula is C9H14F3NO2S. The van der Waals surface area contributed by atoms with Crippen molar-refractivity contribution in [3.8, 4) is 0 Å². The number of ether oxygens (including phenoxy) is 1. The van der Waals surface area contributed by atoms with Gasteiger partial charge in [0.05, 0.1) is 13.5 Å². The highest BCUT2D eigenvalue weighted by atomic mass is 32.2. The number of esters is 1. The molecule has 1 saturated heterocycles. The van der Waals surface area contributed by atoms with Gasteiger partial charge >= 0.3 is 12.1 Å². The first-order chi connectivity index (χ1) is 7.32. The van der Waals surface area contributed by atoms with Crippen molar-refractivity contribution in [3.63, 3.8) is 0 Å². The number of nitrogens with two attached hydrogens (primary N) is 1. The number of hydrogen-bond donors (Lipinski definition) is 1. The molecule has 0 radical (unpaired) electrons. The molecule has 0 bridgehead atoms. The highest BCUT2D eigenvalue weighted by Gasteiger charge is 2.53. The fraction of sp³-hybridized carbons (Fsp3) is 0.889. The van der Waals surface area contributed by atoms with E-state index in [-0.39, 0.29) is 5.75 Å². The van der Waals surface area contributed by atoms with E-state index in [0.29, 0.717) is 12.2 Å². The molecule has 0 aromatic carbocycles. The molecule has 1 heterocycles. The molecule has 0 aliphatic carbocycles. The van der Waals surface area contributed by atoms with Gasteiger partial charge in [-0.3, -0.25) is 4.79 Å². The van der Waals surface area contributed by atoms with Crippen molar-refractivity contribution in [2.45, 2.75) is 25.1 Å². The number of methoxy groups -OCH3 is 1. The predicted molar refractivity (Wildman–Crippen MR) is 55.0 cm³/mol. The van der Waals surface area contributed by atoms with E-state index in [4.69, 9.17) is 5.73 Å². The molecular weight excluding hydrogens is 243 g/mol. The molecule has 2 N–H and O–H groups in total. The lowest BCUT2D eigenvalue weighted by Crippen LogP contribution is -2.54. The Bertz CT molecular complexity index is 272. The smallest absolute Gasteiger partial charge is 0.390 e. The summed E-state index contributed by atoms with van der Waals surface area (Å²) in [4.78, 5) is 11.6. The van der Waals surface area contributed by atoms with Crippen LogP contribution in [0.15, 0.2) is 0 Å². The van der Waals surface area contributed by atoms with E-state index in [1.807, 2.05) is 0 Å². The third-order valence-corrected chi connectivity index (χ3v) is 3.99. The molecule has 7 heteroatoms. The summed E-state index contributed by atoms with van der Waals surface area (Å²) in [6.07, 6.45) is -5.22. The number of carbonyl (C=O) groups excluding carboxylic acids is 1. The average Bonchev–Trinajstić information content (AvgIpc) is 2.18. The summed E-state index contributed by atoms with van der Waals surface area (Å²) < 4.78 is 41.9. The van der Waals surface area contributed by atoms with Gasteiger partial charge in [-0.25, -0.2) is 0 Å². The van der Waals surface area contributed by atoms with Crippen molar-refractivity contribution >= 4 is 17.7 Å². The molecule has 0 amide bonds.